The van der Waals surface area contributed by atoms with E-state index in [1.165, 1.54) is 41.4 Å². The van der Waals surface area contributed by atoms with Crippen LogP contribution < -0.4 is 31.7 Å². The molecule has 4 aromatic carbocycles. The van der Waals surface area contributed by atoms with Crippen molar-refractivity contribution in [1.82, 2.24) is 19.1 Å². The number of hydrogen-bond donors (Lipinski definition) is 2. The Labute approximate surface area is 395 Å². The number of anilines is 1. The van der Waals surface area contributed by atoms with Gasteiger partial charge in [-0.15, -0.1) is 9.05 Å². The van der Waals surface area contributed by atoms with E-state index in [9.17, 15) is 28.5 Å². The second-order valence-electron chi connectivity index (χ2n) is 16.2. The first-order valence-electron chi connectivity index (χ1n) is 21.9. The number of benzene rings is 4. The Balaban J connectivity index is 1.08. The fraction of sp³-hybridized carbons (Fsp3) is 0.306. The van der Waals surface area contributed by atoms with E-state index >= 15 is 0 Å². The maximum atomic E-state index is 13.9. The molecule has 2 aliphatic rings. The zero-order chi connectivity index (χ0) is 48.7. The number of esters is 1. The number of carbonyl (C=O) groups is 2. The maximum absolute atomic E-state index is 13.9. The molecular formula is C49H49N5O14P+. The van der Waals surface area contributed by atoms with Crippen LogP contribution in [0, 0.1) is 6.92 Å². The summed E-state index contributed by atoms with van der Waals surface area (Å²) in [7, 11) is 0.176. The van der Waals surface area contributed by atoms with Crippen LogP contribution in [0.4, 0.5) is 5.82 Å². The van der Waals surface area contributed by atoms with Crippen LogP contribution in [-0.4, -0.2) is 82.8 Å². The van der Waals surface area contributed by atoms with E-state index in [1.807, 2.05) is 78.9 Å². The van der Waals surface area contributed by atoms with Gasteiger partial charge in [0.2, 0.25) is 0 Å². The van der Waals surface area contributed by atoms with E-state index in [0.29, 0.717) is 17.1 Å². The third-order valence-corrected chi connectivity index (χ3v) is 12.6. The summed E-state index contributed by atoms with van der Waals surface area (Å²) in [5, 5.41) is 2.64. The van der Waals surface area contributed by atoms with Crippen molar-refractivity contribution in [1.29, 1.82) is 0 Å². The van der Waals surface area contributed by atoms with Gasteiger partial charge in [0.05, 0.1) is 20.8 Å². The van der Waals surface area contributed by atoms with Gasteiger partial charge in [0.15, 0.2) is 0 Å². The molecular weight excluding hydrogens is 914 g/mol. The van der Waals surface area contributed by atoms with Gasteiger partial charge in [0.25, 0.3) is 11.5 Å². The molecule has 7 atom stereocenters. The SMILES string of the molecule is COc1ccc(C(OC[C@H]2O[C@@H](n3ccc(NC(=O)c4ccccc4)nc3=O)C[C@@H]2O[P+](=O)OC[C@H]2O[C@@H](n3cc(C)c(=O)[nH]c3=O)C[C@@H]2OC(C)=O)(c2ccccc2)c2ccc(OC)cc2)cc1. The lowest BCUT2D eigenvalue weighted by molar-refractivity contribution is -0.150. The van der Waals surface area contributed by atoms with E-state index < -0.39 is 86.1 Å². The standard InChI is InChI=1S/C49H48N5O14P/c1-30-27-54(48(59)52-45(30)56)44-25-38(65-31(2)55)41(67-44)29-64-69(60)68-39-26-43(53-24-23-42(51-47(53)58)50-46(57)32-11-7-5-8-12-32)66-40(39)28-63-49(33-13-9-6-10-14-33,34-15-19-36(61-3)20-16-34)35-17-21-37(62-4)22-18-35/h5-24,27,38-41,43-44H,25-26,28-29H2,1-4H3,(H-,50,51,52,56,57,58,59)/p+1/t38-,39-,40+,41+,43+,44+/m0/s1. The van der Waals surface area contributed by atoms with Crippen molar-refractivity contribution >= 4 is 25.9 Å². The Bertz CT molecular complexity index is 2900. The summed E-state index contributed by atoms with van der Waals surface area (Å²) >= 11 is 0. The molecule has 19 nitrogen and oxygen atoms in total. The number of aromatic amines is 1. The monoisotopic (exact) mass is 962 g/mol. The Hall–Kier alpha value is -7.12. The smallest absolute Gasteiger partial charge is 0.497 e. The summed E-state index contributed by atoms with van der Waals surface area (Å²) in [6, 6.07) is 34.3. The molecule has 0 spiro atoms. The normalized spacial score (nSPS) is 20.3. The fourth-order valence-corrected chi connectivity index (χ4v) is 9.10. The highest BCUT2D eigenvalue weighted by atomic mass is 31.1. The molecule has 2 aliphatic heterocycles. The first kappa shape index (κ1) is 48.3. The Morgan fingerprint density at radius 3 is 1.93 bits per heavy atom. The van der Waals surface area contributed by atoms with Crippen LogP contribution in [0.1, 0.15) is 64.8 Å². The Morgan fingerprint density at radius 1 is 0.768 bits per heavy atom. The number of amides is 1. The molecule has 2 fully saturated rings. The second-order valence-corrected chi connectivity index (χ2v) is 17.1. The first-order valence-corrected chi connectivity index (χ1v) is 23.0. The molecule has 69 heavy (non-hydrogen) atoms. The van der Waals surface area contributed by atoms with Gasteiger partial charge in [-0.2, -0.15) is 4.98 Å². The van der Waals surface area contributed by atoms with Gasteiger partial charge < -0.3 is 33.7 Å². The molecule has 4 heterocycles. The maximum Gasteiger partial charge on any atom is 0.697 e. The fourth-order valence-electron chi connectivity index (χ4n) is 8.33. The summed E-state index contributed by atoms with van der Waals surface area (Å²) in [4.78, 5) is 69.8. The minimum absolute atomic E-state index is 0.0166. The summed E-state index contributed by atoms with van der Waals surface area (Å²) in [5.74, 6) is 0.183. The predicted octanol–water partition coefficient (Wildman–Crippen LogP) is 5.95. The third-order valence-electron chi connectivity index (χ3n) is 11.8. The van der Waals surface area contributed by atoms with Crippen molar-refractivity contribution in [2.24, 2.45) is 0 Å². The largest absolute Gasteiger partial charge is 0.697 e. The summed E-state index contributed by atoms with van der Waals surface area (Å²) in [6.45, 7) is 2.15. The number of hydrogen-bond acceptors (Lipinski definition) is 15. The zero-order valence-corrected chi connectivity index (χ0v) is 38.8. The van der Waals surface area contributed by atoms with E-state index in [4.69, 9.17) is 37.5 Å². The average Bonchev–Trinajstić information content (AvgIpc) is 3.95. The lowest BCUT2D eigenvalue weighted by atomic mass is 9.80. The van der Waals surface area contributed by atoms with Crippen molar-refractivity contribution in [2.75, 3.05) is 32.8 Å². The lowest BCUT2D eigenvalue weighted by Gasteiger charge is -2.37. The second kappa shape index (κ2) is 21.5. The highest BCUT2D eigenvalue weighted by Gasteiger charge is 2.48. The van der Waals surface area contributed by atoms with Gasteiger partial charge in [-0.25, -0.2) is 9.59 Å². The number of H-pyrrole nitrogens is 1. The predicted molar refractivity (Wildman–Crippen MR) is 248 cm³/mol. The van der Waals surface area contributed by atoms with Crippen LogP contribution in [-0.2, 0) is 43.0 Å². The van der Waals surface area contributed by atoms with Gasteiger partial charge in [-0.1, -0.05) is 72.8 Å². The lowest BCUT2D eigenvalue weighted by Crippen LogP contribution is -2.38. The molecule has 1 unspecified atom stereocenters. The number of aromatic nitrogens is 4. The van der Waals surface area contributed by atoms with Crippen molar-refractivity contribution in [3.63, 3.8) is 0 Å². The zero-order valence-electron chi connectivity index (χ0n) is 37.9. The number of rotatable bonds is 18. The minimum Gasteiger partial charge on any atom is -0.497 e. The summed E-state index contributed by atoms with van der Waals surface area (Å²) in [5.41, 5.74) is -0.486. The van der Waals surface area contributed by atoms with E-state index in [-0.39, 0.29) is 30.8 Å². The number of aryl methyl sites for hydroxylation is 1. The van der Waals surface area contributed by atoms with Gasteiger partial charge in [-0.05, 0) is 66.1 Å². The molecule has 358 valence electrons. The van der Waals surface area contributed by atoms with E-state index in [2.05, 4.69) is 15.3 Å². The van der Waals surface area contributed by atoms with Gasteiger partial charge in [0.1, 0.15) is 66.4 Å². The molecule has 1 amide bonds. The van der Waals surface area contributed by atoms with Crippen LogP contribution in [0.25, 0.3) is 0 Å². The van der Waals surface area contributed by atoms with E-state index in [0.717, 1.165) is 16.7 Å². The number of nitrogens with zero attached hydrogens (tertiary/aromatic N) is 3. The van der Waals surface area contributed by atoms with Crippen LogP contribution in [0.5, 0.6) is 11.5 Å². The summed E-state index contributed by atoms with van der Waals surface area (Å²) < 4.78 is 64.4. The molecule has 2 N–H and O–H groups in total. The van der Waals surface area contributed by atoms with Gasteiger partial charge in [-0.3, -0.25) is 28.5 Å². The first-order chi connectivity index (χ1) is 33.3. The number of carbonyl (C=O) groups excluding carboxylic acids is 2. The van der Waals surface area contributed by atoms with Crippen molar-refractivity contribution in [3.05, 3.63) is 187 Å². The molecule has 6 aromatic rings. The van der Waals surface area contributed by atoms with Crippen LogP contribution in [0.2, 0.25) is 0 Å². The van der Waals surface area contributed by atoms with Crippen molar-refractivity contribution < 1.29 is 51.6 Å². The molecule has 2 saturated heterocycles. The molecule has 0 saturated carbocycles. The quantitative estimate of drug-likeness (QED) is 0.0577. The highest BCUT2D eigenvalue weighted by Crippen LogP contribution is 2.44. The molecule has 2 aromatic heterocycles. The van der Waals surface area contributed by atoms with E-state index in [1.54, 1.807) is 44.6 Å². The topological polar surface area (TPSA) is 227 Å². The Kier molecular flexibility index (Phi) is 15.0. The summed E-state index contributed by atoms with van der Waals surface area (Å²) in [6.07, 6.45) is -3.18. The number of nitrogens with one attached hydrogen (secondary N) is 2. The molecule has 0 radical (unpaired) electrons. The molecule has 0 bridgehead atoms. The molecule has 8 rings (SSSR count). The number of methoxy groups -OCH3 is 2. The minimum atomic E-state index is -2.97. The Morgan fingerprint density at radius 2 is 1.33 bits per heavy atom. The van der Waals surface area contributed by atoms with Crippen LogP contribution in [0.3, 0.4) is 0 Å². The number of ether oxygens (including phenoxy) is 6. The van der Waals surface area contributed by atoms with Gasteiger partial charge in [0, 0.05) is 47.9 Å². The van der Waals surface area contributed by atoms with Crippen molar-refractivity contribution in [3.8, 4) is 11.5 Å². The van der Waals surface area contributed by atoms with Crippen LogP contribution >= 0.6 is 8.25 Å². The molecule has 20 heteroatoms. The third kappa shape index (κ3) is 10.9. The van der Waals surface area contributed by atoms with Crippen molar-refractivity contribution in [2.45, 2.75) is 69.2 Å². The van der Waals surface area contributed by atoms with Gasteiger partial charge >= 0.3 is 25.6 Å². The van der Waals surface area contributed by atoms with Crippen LogP contribution in [0.15, 0.2) is 142 Å². The highest BCUT2D eigenvalue weighted by molar-refractivity contribution is 7.33. The molecule has 0 aliphatic carbocycles. The average molecular weight is 963 g/mol.